The van der Waals surface area contributed by atoms with Crippen LogP contribution in [-0.4, -0.2) is 4.98 Å². The van der Waals surface area contributed by atoms with Crippen LogP contribution in [0.4, 0.5) is 5.69 Å². The normalized spacial score (nSPS) is 12.6. The summed E-state index contributed by atoms with van der Waals surface area (Å²) in [5.41, 5.74) is 7.18. The monoisotopic (exact) mass is 372 g/mol. The predicted molar refractivity (Wildman–Crippen MR) is 124 cm³/mol. The van der Waals surface area contributed by atoms with Gasteiger partial charge in [0, 0.05) is 17.3 Å². The summed E-state index contributed by atoms with van der Waals surface area (Å²) < 4.78 is 0. The molecule has 0 bridgehead atoms. The Bertz CT molecular complexity index is 967. The molecule has 1 N–H and O–H groups in total. The first kappa shape index (κ1) is 21.4. The van der Waals surface area contributed by atoms with Crippen molar-refractivity contribution in [2.75, 3.05) is 5.32 Å². The molecule has 1 heterocycles. The summed E-state index contributed by atoms with van der Waals surface area (Å²) in [6.07, 6.45) is 8.32. The number of hydrogen-bond acceptors (Lipinski definition) is 2. The standard InChI is InChI=1S/C24H26N2.C2H6/c1-5-10-19(6-2)24(26-22-13-8-7-11-17(22)3)21-15-14-20-12-9-16-25-23(20)18(21)4;1-2/h5-16,24,26H,1-4H3;1-2H3/b10-5-,19-6+;. The second-order valence-corrected chi connectivity index (χ2v) is 6.54. The maximum absolute atomic E-state index is 4.61. The van der Waals surface area contributed by atoms with Gasteiger partial charge in [0.25, 0.3) is 0 Å². The number of benzene rings is 2. The molecule has 2 aromatic carbocycles. The first-order valence-electron chi connectivity index (χ1n) is 10.1. The van der Waals surface area contributed by atoms with E-state index in [-0.39, 0.29) is 6.04 Å². The number of nitrogens with zero attached hydrogens (tertiary/aromatic N) is 1. The van der Waals surface area contributed by atoms with Gasteiger partial charge in [0.05, 0.1) is 11.6 Å². The quantitative estimate of drug-likeness (QED) is 0.468. The smallest absolute Gasteiger partial charge is 0.0767 e. The summed E-state index contributed by atoms with van der Waals surface area (Å²) in [4.78, 5) is 4.61. The Morgan fingerprint density at radius 3 is 2.39 bits per heavy atom. The van der Waals surface area contributed by atoms with Crippen molar-refractivity contribution in [2.45, 2.75) is 47.6 Å². The minimum atomic E-state index is 0.0729. The molecule has 0 aliphatic heterocycles. The average Bonchev–Trinajstić information content (AvgIpc) is 2.74. The average molecular weight is 373 g/mol. The number of para-hydroxylation sites is 1. The molecule has 0 amide bonds. The van der Waals surface area contributed by atoms with Crippen LogP contribution in [0.5, 0.6) is 0 Å². The van der Waals surface area contributed by atoms with Crippen LogP contribution in [0.3, 0.4) is 0 Å². The topological polar surface area (TPSA) is 24.9 Å². The predicted octanol–water partition coefficient (Wildman–Crippen LogP) is 7.55. The molecule has 1 unspecified atom stereocenters. The molecule has 3 aromatic rings. The fourth-order valence-electron chi connectivity index (χ4n) is 3.40. The Kier molecular flexibility index (Phi) is 8.01. The lowest BCUT2D eigenvalue weighted by atomic mass is 9.92. The van der Waals surface area contributed by atoms with Gasteiger partial charge in [-0.25, -0.2) is 0 Å². The highest BCUT2D eigenvalue weighted by molar-refractivity contribution is 5.83. The SMILES string of the molecule is C/C=C\C(=C/C)C(Nc1ccccc1C)c1ccc2cccnc2c1C.CC. The molecular formula is C26H32N2. The molecule has 0 radical (unpaired) electrons. The zero-order valence-corrected chi connectivity index (χ0v) is 18.0. The van der Waals surface area contributed by atoms with E-state index in [0.717, 1.165) is 11.2 Å². The molecule has 1 atom stereocenters. The van der Waals surface area contributed by atoms with E-state index in [9.17, 15) is 0 Å². The molecule has 2 heteroatoms. The Morgan fingerprint density at radius 2 is 1.71 bits per heavy atom. The number of hydrogen-bond donors (Lipinski definition) is 1. The largest absolute Gasteiger partial charge is 0.374 e. The van der Waals surface area contributed by atoms with Gasteiger partial charge >= 0.3 is 0 Å². The third-order valence-electron chi connectivity index (χ3n) is 4.85. The Balaban J connectivity index is 0.00000136. The second kappa shape index (κ2) is 10.5. The Labute approximate surface area is 170 Å². The minimum absolute atomic E-state index is 0.0729. The highest BCUT2D eigenvalue weighted by atomic mass is 14.9. The summed E-state index contributed by atoms with van der Waals surface area (Å²) in [7, 11) is 0. The van der Waals surface area contributed by atoms with E-state index in [1.54, 1.807) is 0 Å². The summed E-state index contributed by atoms with van der Waals surface area (Å²) in [5.74, 6) is 0. The van der Waals surface area contributed by atoms with Crippen molar-refractivity contribution in [2.24, 2.45) is 0 Å². The van der Waals surface area contributed by atoms with Gasteiger partial charge in [-0.2, -0.15) is 0 Å². The van der Waals surface area contributed by atoms with Crippen molar-refractivity contribution in [3.8, 4) is 0 Å². The van der Waals surface area contributed by atoms with Gasteiger partial charge in [0.2, 0.25) is 0 Å². The second-order valence-electron chi connectivity index (χ2n) is 6.54. The first-order valence-corrected chi connectivity index (χ1v) is 10.1. The number of allylic oxidation sites excluding steroid dienone is 2. The molecule has 1 aromatic heterocycles. The molecule has 0 saturated carbocycles. The zero-order valence-electron chi connectivity index (χ0n) is 18.0. The number of anilines is 1. The molecular weight excluding hydrogens is 340 g/mol. The number of aromatic nitrogens is 1. The van der Waals surface area contributed by atoms with Crippen LogP contribution in [-0.2, 0) is 0 Å². The molecule has 0 aliphatic rings. The van der Waals surface area contributed by atoms with E-state index in [0.29, 0.717) is 0 Å². The van der Waals surface area contributed by atoms with Crippen LogP contribution in [0.1, 0.15) is 50.4 Å². The molecule has 0 spiro atoms. The van der Waals surface area contributed by atoms with Crippen LogP contribution in [0.15, 0.2) is 78.5 Å². The third-order valence-corrected chi connectivity index (χ3v) is 4.85. The van der Waals surface area contributed by atoms with E-state index < -0.39 is 0 Å². The number of nitrogens with one attached hydrogen (secondary N) is 1. The van der Waals surface area contributed by atoms with Crippen LogP contribution >= 0.6 is 0 Å². The summed E-state index contributed by atoms with van der Waals surface area (Å²) in [6.45, 7) is 12.5. The summed E-state index contributed by atoms with van der Waals surface area (Å²) in [5, 5.41) is 4.93. The lowest BCUT2D eigenvalue weighted by molar-refractivity contribution is 0.922. The van der Waals surface area contributed by atoms with E-state index in [1.807, 2.05) is 26.1 Å². The van der Waals surface area contributed by atoms with Gasteiger partial charge in [0.1, 0.15) is 0 Å². The minimum Gasteiger partial charge on any atom is -0.374 e. The first-order chi connectivity index (χ1) is 13.7. The molecule has 3 rings (SSSR count). The molecule has 146 valence electrons. The van der Waals surface area contributed by atoms with Crippen molar-refractivity contribution in [1.29, 1.82) is 0 Å². The summed E-state index contributed by atoms with van der Waals surface area (Å²) in [6, 6.07) is 17.0. The maximum Gasteiger partial charge on any atom is 0.0767 e. The number of aryl methyl sites for hydroxylation is 2. The molecule has 0 saturated heterocycles. The van der Waals surface area contributed by atoms with Crippen molar-refractivity contribution < 1.29 is 0 Å². The maximum atomic E-state index is 4.61. The lowest BCUT2D eigenvalue weighted by Crippen LogP contribution is -2.15. The van der Waals surface area contributed by atoms with Gasteiger partial charge in [-0.05, 0) is 62.1 Å². The van der Waals surface area contributed by atoms with E-state index in [4.69, 9.17) is 0 Å². The number of rotatable bonds is 5. The van der Waals surface area contributed by atoms with Gasteiger partial charge in [0.15, 0.2) is 0 Å². The van der Waals surface area contributed by atoms with Gasteiger partial charge < -0.3 is 5.32 Å². The summed E-state index contributed by atoms with van der Waals surface area (Å²) >= 11 is 0. The zero-order chi connectivity index (χ0) is 20.5. The van der Waals surface area contributed by atoms with Crippen molar-refractivity contribution in [1.82, 2.24) is 4.98 Å². The van der Waals surface area contributed by atoms with Crippen LogP contribution in [0.2, 0.25) is 0 Å². The molecule has 0 fully saturated rings. The fourth-order valence-corrected chi connectivity index (χ4v) is 3.40. The van der Waals surface area contributed by atoms with Crippen LogP contribution in [0.25, 0.3) is 10.9 Å². The van der Waals surface area contributed by atoms with Gasteiger partial charge in [-0.3, -0.25) is 4.98 Å². The van der Waals surface area contributed by atoms with Crippen molar-refractivity contribution in [3.05, 3.63) is 95.2 Å². The van der Waals surface area contributed by atoms with Crippen molar-refractivity contribution in [3.63, 3.8) is 0 Å². The third kappa shape index (κ3) is 4.69. The van der Waals surface area contributed by atoms with E-state index in [1.165, 1.54) is 27.6 Å². The van der Waals surface area contributed by atoms with Crippen LogP contribution in [0, 0.1) is 13.8 Å². The van der Waals surface area contributed by atoms with E-state index in [2.05, 4.69) is 98.7 Å². The molecule has 0 aliphatic carbocycles. The van der Waals surface area contributed by atoms with Crippen molar-refractivity contribution >= 4 is 16.6 Å². The molecule has 28 heavy (non-hydrogen) atoms. The van der Waals surface area contributed by atoms with E-state index >= 15 is 0 Å². The Hall–Kier alpha value is -2.87. The molecule has 2 nitrogen and oxygen atoms in total. The highest BCUT2D eigenvalue weighted by Crippen LogP contribution is 2.33. The van der Waals surface area contributed by atoms with Gasteiger partial charge in [-0.15, -0.1) is 0 Å². The Morgan fingerprint density at radius 1 is 0.964 bits per heavy atom. The number of pyridine rings is 1. The van der Waals surface area contributed by atoms with Gasteiger partial charge in [-0.1, -0.05) is 68.5 Å². The lowest BCUT2D eigenvalue weighted by Gasteiger charge is -2.25. The number of fused-ring (bicyclic) bond motifs is 1. The fraction of sp³-hybridized carbons (Fsp3) is 0.269. The highest BCUT2D eigenvalue weighted by Gasteiger charge is 2.19. The van der Waals surface area contributed by atoms with Crippen LogP contribution < -0.4 is 5.32 Å².